The van der Waals surface area contributed by atoms with Crippen molar-refractivity contribution < 1.29 is 9.18 Å². The largest absolute Gasteiger partial charge is 0.298 e. The zero-order valence-electron chi connectivity index (χ0n) is 9.56. The van der Waals surface area contributed by atoms with E-state index in [9.17, 15) is 9.18 Å². The van der Waals surface area contributed by atoms with Gasteiger partial charge in [0.15, 0.2) is 6.29 Å². The highest BCUT2D eigenvalue weighted by atomic mass is 19.1. The van der Waals surface area contributed by atoms with E-state index in [1.54, 1.807) is 18.3 Å². The van der Waals surface area contributed by atoms with E-state index in [-0.39, 0.29) is 5.56 Å². The minimum Gasteiger partial charge on any atom is -0.298 e. The number of rotatable bonds is 4. The molecule has 2 aromatic rings. The summed E-state index contributed by atoms with van der Waals surface area (Å²) in [5, 5.41) is 4.19. The van der Waals surface area contributed by atoms with Crippen molar-refractivity contribution in [3.8, 4) is 11.3 Å². The molecule has 0 saturated heterocycles. The van der Waals surface area contributed by atoms with Crippen molar-refractivity contribution in [3.63, 3.8) is 0 Å². The van der Waals surface area contributed by atoms with E-state index in [2.05, 4.69) is 12.0 Å². The van der Waals surface area contributed by atoms with Crippen LogP contribution in [0.1, 0.15) is 23.7 Å². The maximum absolute atomic E-state index is 13.2. The Kier molecular flexibility index (Phi) is 3.32. The third kappa shape index (κ3) is 2.25. The molecular weight excluding hydrogens is 219 g/mol. The van der Waals surface area contributed by atoms with Gasteiger partial charge in [-0.2, -0.15) is 5.10 Å². The molecule has 0 unspecified atom stereocenters. The second-order valence-corrected chi connectivity index (χ2v) is 3.79. The third-order valence-electron chi connectivity index (χ3n) is 2.57. The van der Waals surface area contributed by atoms with Crippen molar-refractivity contribution in [2.24, 2.45) is 0 Å². The highest BCUT2D eigenvalue weighted by molar-refractivity contribution is 5.78. The zero-order valence-corrected chi connectivity index (χ0v) is 9.56. The van der Waals surface area contributed by atoms with Crippen LogP contribution in [-0.2, 0) is 6.54 Å². The Labute approximate surface area is 98.9 Å². The van der Waals surface area contributed by atoms with Gasteiger partial charge in [-0.15, -0.1) is 0 Å². The summed E-state index contributed by atoms with van der Waals surface area (Å²) in [6.07, 6.45) is 3.20. The molecule has 0 aliphatic carbocycles. The molecule has 3 nitrogen and oxygen atoms in total. The first-order chi connectivity index (χ1) is 8.26. The summed E-state index contributed by atoms with van der Waals surface area (Å²) >= 11 is 0. The van der Waals surface area contributed by atoms with Gasteiger partial charge >= 0.3 is 0 Å². The number of aldehydes is 1. The normalized spacial score (nSPS) is 10.5. The maximum Gasteiger partial charge on any atom is 0.153 e. The fraction of sp³-hybridized carbons (Fsp3) is 0.231. The second kappa shape index (κ2) is 4.91. The van der Waals surface area contributed by atoms with Gasteiger partial charge in [-0.05, 0) is 30.7 Å². The van der Waals surface area contributed by atoms with Crippen LogP contribution < -0.4 is 0 Å². The van der Waals surface area contributed by atoms with Crippen LogP contribution in [0.3, 0.4) is 0 Å². The van der Waals surface area contributed by atoms with Gasteiger partial charge in [0.05, 0.1) is 11.3 Å². The van der Waals surface area contributed by atoms with Crippen LogP contribution >= 0.6 is 0 Å². The van der Waals surface area contributed by atoms with Crippen LogP contribution in [0.15, 0.2) is 30.5 Å². The quantitative estimate of drug-likeness (QED) is 0.760. The second-order valence-electron chi connectivity index (χ2n) is 3.79. The van der Waals surface area contributed by atoms with Crippen molar-refractivity contribution in [1.29, 1.82) is 0 Å². The lowest BCUT2D eigenvalue weighted by Crippen LogP contribution is -2.01. The Morgan fingerprint density at radius 3 is 2.94 bits per heavy atom. The average molecular weight is 232 g/mol. The van der Waals surface area contributed by atoms with Crippen molar-refractivity contribution in [2.75, 3.05) is 0 Å². The molecule has 1 aromatic heterocycles. The van der Waals surface area contributed by atoms with Gasteiger partial charge in [-0.25, -0.2) is 4.39 Å². The minimum atomic E-state index is -0.495. The van der Waals surface area contributed by atoms with Gasteiger partial charge in [0.25, 0.3) is 0 Å². The molecule has 0 amide bonds. The molecule has 88 valence electrons. The van der Waals surface area contributed by atoms with E-state index >= 15 is 0 Å². The molecule has 4 heteroatoms. The number of carbonyl (C=O) groups is 1. The average Bonchev–Trinajstić information content (AvgIpc) is 2.78. The summed E-state index contributed by atoms with van der Waals surface area (Å²) < 4.78 is 15.1. The van der Waals surface area contributed by atoms with E-state index in [0.717, 1.165) is 24.2 Å². The first-order valence-electron chi connectivity index (χ1n) is 5.53. The summed E-state index contributed by atoms with van der Waals surface area (Å²) in [7, 11) is 0. The number of hydrogen-bond acceptors (Lipinski definition) is 2. The fourth-order valence-corrected chi connectivity index (χ4v) is 1.76. The van der Waals surface area contributed by atoms with E-state index in [1.165, 1.54) is 6.07 Å². The lowest BCUT2D eigenvalue weighted by molar-refractivity contribution is 0.112. The van der Waals surface area contributed by atoms with Crippen LogP contribution in [-0.4, -0.2) is 16.1 Å². The lowest BCUT2D eigenvalue weighted by Gasteiger charge is -2.06. The zero-order chi connectivity index (χ0) is 12.3. The first kappa shape index (κ1) is 11.5. The van der Waals surface area contributed by atoms with Crippen LogP contribution in [0.25, 0.3) is 11.3 Å². The molecule has 0 aliphatic heterocycles. The van der Waals surface area contributed by atoms with Gasteiger partial charge in [-0.3, -0.25) is 9.48 Å². The smallest absolute Gasteiger partial charge is 0.153 e. The molecule has 1 heterocycles. The number of carbonyl (C=O) groups excluding carboxylic acids is 1. The molecular formula is C13H13FN2O. The fourth-order valence-electron chi connectivity index (χ4n) is 1.76. The van der Waals surface area contributed by atoms with E-state index in [0.29, 0.717) is 6.29 Å². The topological polar surface area (TPSA) is 34.9 Å². The van der Waals surface area contributed by atoms with E-state index in [4.69, 9.17) is 0 Å². The predicted molar refractivity (Wildman–Crippen MR) is 63.3 cm³/mol. The first-order valence-corrected chi connectivity index (χ1v) is 5.53. The molecule has 0 atom stereocenters. The van der Waals surface area contributed by atoms with Crippen molar-refractivity contribution in [2.45, 2.75) is 19.9 Å². The Bertz CT molecular complexity index is 534. The lowest BCUT2D eigenvalue weighted by atomic mass is 10.1. The number of nitrogens with zero attached hydrogens (tertiary/aromatic N) is 2. The standard InChI is InChI=1S/C13H13FN2O/c1-2-7-16-13(5-6-15-16)10-3-4-12(14)11(8-10)9-17/h3-6,8-9H,2,7H2,1H3. The number of halogens is 1. The van der Waals surface area contributed by atoms with Gasteiger partial charge < -0.3 is 0 Å². The highest BCUT2D eigenvalue weighted by Gasteiger charge is 2.08. The molecule has 0 N–H and O–H groups in total. The van der Waals surface area contributed by atoms with Gasteiger partial charge in [0, 0.05) is 18.3 Å². The molecule has 1 aromatic carbocycles. The van der Waals surface area contributed by atoms with Crippen molar-refractivity contribution in [1.82, 2.24) is 9.78 Å². The Morgan fingerprint density at radius 1 is 1.41 bits per heavy atom. The highest BCUT2D eigenvalue weighted by Crippen LogP contribution is 2.21. The summed E-state index contributed by atoms with van der Waals surface area (Å²) in [4.78, 5) is 10.7. The summed E-state index contributed by atoms with van der Waals surface area (Å²) in [5.74, 6) is -0.495. The van der Waals surface area contributed by atoms with Gasteiger partial charge in [-0.1, -0.05) is 6.92 Å². The molecule has 0 saturated carbocycles. The van der Waals surface area contributed by atoms with E-state index < -0.39 is 5.82 Å². The van der Waals surface area contributed by atoms with Crippen LogP contribution in [0.5, 0.6) is 0 Å². The number of aryl methyl sites for hydroxylation is 1. The number of aromatic nitrogens is 2. The van der Waals surface area contributed by atoms with Gasteiger partial charge in [0.2, 0.25) is 0 Å². The third-order valence-corrected chi connectivity index (χ3v) is 2.57. The van der Waals surface area contributed by atoms with Crippen LogP contribution in [0.4, 0.5) is 4.39 Å². The summed E-state index contributed by atoms with van der Waals surface area (Å²) in [5.41, 5.74) is 1.78. The molecule has 0 spiro atoms. The van der Waals surface area contributed by atoms with Crippen molar-refractivity contribution in [3.05, 3.63) is 41.8 Å². The number of hydrogen-bond donors (Lipinski definition) is 0. The molecule has 17 heavy (non-hydrogen) atoms. The maximum atomic E-state index is 13.2. The SMILES string of the molecule is CCCn1nccc1-c1ccc(F)c(C=O)c1. The molecule has 0 aliphatic rings. The molecule has 2 rings (SSSR count). The summed E-state index contributed by atoms with van der Waals surface area (Å²) in [6, 6.07) is 6.37. The van der Waals surface area contributed by atoms with Gasteiger partial charge in [0.1, 0.15) is 5.82 Å². The Balaban J connectivity index is 2.45. The predicted octanol–water partition coefficient (Wildman–Crippen LogP) is 2.91. The van der Waals surface area contributed by atoms with Crippen LogP contribution in [0, 0.1) is 5.82 Å². The molecule has 0 radical (unpaired) electrons. The number of benzene rings is 1. The van der Waals surface area contributed by atoms with E-state index in [1.807, 2.05) is 10.7 Å². The van der Waals surface area contributed by atoms with Crippen molar-refractivity contribution >= 4 is 6.29 Å². The molecule has 0 bridgehead atoms. The monoisotopic (exact) mass is 232 g/mol. The Hall–Kier alpha value is -1.97. The minimum absolute atomic E-state index is 0.0757. The van der Waals surface area contributed by atoms with Crippen LogP contribution in [0.2, 0.25) is 0 Å². The Morgan fingerprint density at radius 2 is 2.24 bits per heavy atom. The summed E-state index contributed by atoms with van der Waals surface area (Å²) in [6.45, 7) is 2.86. The molecule has 0 fully saturated rings.